The number of hydrogen-bond donors (Lipinski definition) is 1. The number of carbonyl (C=O) groups excluding carboxylic acids is 1. The van der Waals surface area contributed by atoms with Crippen LogP contribution in [0.25, 0.3) is 11.0 Å². The largest absolute Gasteiger partial charge is 0.409 e. The lowest BCUT2D eigenvalue weighted by Crippen LogP contribution is -2.29. The van der Waals surface area contributed by atoms with E-state index in [9.17, 15) is 9.59 Å². The third-order valence-electron chi connectivity index (χ3n) is 3.95. The highest BCUT2D eigenvalue weighted by atomic mass is 16.7. The van der Waals surface area contributed by atoms with Gasteiger partial charge in [0.2, 0.25) is 0 Å². The van der Waals surface area contributed by atoms with Crippen LogP contribution in [-0.4, -0.2) is 27.2 Å². The average molecular weight is 352 g/mol. The van der Waals surface area contributed by atoms with E-state index in [-0.39, 0.29) is 5.91 Å². The zero-order chi connectivity index (χ0) is 18.5. The number of hydrogen-bond acceptors (Lipinski definition) is 5. The van der Waals surface area contributed by atoms with E-state index < -0.39 is 5.56 Å². The summed E-state index contributed by atoms with van der Waals surface area (Å²) in [5, 5.41) is 3.37. The minimum absolute atomic E-state index is 0.306. The molecular weight excluding hydrogens is 332 g/mol. The van der Waals surface area contributed by atoms with Crippen LogP contribution < -0.4 is 15.7 Å². The fourth-order valence-corrected chi connectivity index (χ4v) is 2.60. The summed E-state index contributed by atoms with van der Waals surface area (Å²) in [7, 11) is 0. The molecular formula is C19H20N4O3. The Morgan fingerprint density at radius 2 is 2.00 bits per heavy atom. The first-order valence-corrected chi connectivity index (χ1v) is 8.49. The van der Waals surface area contributed by atoms with Crippen molar-refractivity contribution in [3.05, 3.63) is 64.3 Å². The molecule has 0 radical (unpaired) electrons. The van der Waals surface area contributed by atoms with Crippen molar-refractivity contribution in [2.24, 2.45) is 0 Å². The minimum atomic E-state index is -0.393. The number of aryl methyl sites for hydroxylation is 1. The van der Waals surface area contributed by atoms with Gasteiger partial charge in [0.1, 0.15) is 12.9 Å². The Kier molecular flexibility index (Phi) is 5.26. The van der Waals surface area contributed by atoms with E-state index in [0.29, 0.717) is 34.6 Å². The molecule has 1 aromatic carbocycles. The number of nitrogens with zero attached hydrogens (tertiary/aromatic N) is 3. The summed E-state index contributed by atoms with van der Waals surface area (Å²) >= 11 is 0. The van der Waals surface area contributed by atoms with E-state index >= 15 is 0 Å². The molecule has 0 aliphatic rings. The van der Waals surface area contributed by atoms with Crippen molar-refractivity contribution in [3.8, 4) is 0 Å². The van der Waals surface area contributed by atoms with Gasteiger partial charge in [-0.2, -0.15) is 0 Å². The number of unbranched alkanes of at least 4 members (excludes halogenated alkanes) is 1. The number of aromatic nitrogens is 3. The van der Waals surface area contributed by atoms with Gasteiger partial charge in [0.05, 0.1) is 16.8 Å². The number of fused-ring (bicyclic) bond motifs is 1. The van der Waals surface area contributed by atoms with E-state index in [4.69, 9.17) is 4.84 Å². The van der Waals surface area contributed by atoms with Gasteiger partial charge < -0.3 is 10.2 Å². The molecule has 0 saturated carbocycles. The molecule has 1 N–H and O–H groups in total. The molecule has 0 aliphatic heterocycles. The second-order valence-corrected chi connectivity index (χ2v) is 5.86. The topological polar surface area (TPSA) is 86.1 Å². The summed E-state index contributed by atoms with van der Waals surface area (Å²) in [6.07, 6.45) is 3.15. The van der Waals surface area contributed by atoms with E-state index in [1.165, 1.54) is 12.4 Å². The Morgan fingerprint density at radius 1 is 1.23 bits per heavy atom. The molecule has 7 heteroatoms. The molecule has 7 nitrogen and oxygen atoms in total. The highest BCUT2D eigenvalue weighted by Gasteiger charge is 2.16. The van der Waals surface area contributed by atoms with Gasteiger partial charge in [-0.25, -0.2) is 9.97 Å². The SMILES string of the molecule is CCCCOn1c(=O)cc(NC(=O)c2ccccc2)c2c(C)ncnc21. The minimum Gasteiger partial charge on any atom is -0.409 e. The summed E-state index contributed by atoms with van der Waals surface area (Å²) in [6, 6.07) is 10.1. The van der Waals surface area contributed by atoms with Gasteiger partial charge in [-0.05, 0) is 25.5 Å². The molecule has 0 aliphatic carbocycles. The third kappa shape index (κ3) is 3.56. The summed E-state index contributed by atoms with van der Waals surface area (Å²) in [5.41, 5.74) is 1.46. The zero-order valence-electron chi connectivity index (χ0n) is 14.7. The quantitative estimate of drug-likeness (QED) is 0.689. The van der Waals surface area contributed by atoms with Crippen molar-refractivity contribution in [2.45, 2.75) is 26.7 Å². The van der Waals surface area contributed by atoms with Crippen molar-refractivity contribution in [3.63, 3.8) is 0 Å². The molecule has 0 atom stereocenters. The van der Waals surface area contributed by atoms with Crippen LogP contribution in [0.2, 0.25) is 0 Å². The lowest BCUT2D eigenvalue weighted by Gasteiger charge is -2.14. The molecule has 26 heavy (non-hydrogen) atoms. The Bertz CT molecular complexity index is 983. The second kappa shape index (κ2) is 7.77. The molecule has 134 valence electrons. The summed E-state index contributed by atoms with van der Waals surface area (Å²) < 4.78 is 1.16. The van der Waals surface area contributed by atoms with Crippen LogP contribution in [0.15, 0.2) is 47.5 Å². The monoisotopic (exact) mass is 352 g/mol. The Morgan fingerprint density at radius 3 is 2.73 bits per heavy atom. The molecule has 2 heterocycles. The van der Waals surface area contributed by atoms with Gasteiger partial charge in [0.25, 0.3) is 11.5 Å². The predicted molar refractivity (Wildman–Crippen MR) is 99.3 cm³/mol. The molecule has 0 saturated heterocycles. The van der Waals surface area contributed by atoms with E-state index in [1.807, 2.05) is 13.0 Å². The number of pyridine rings is 1. The molecule has 0 bridgehead atoms. The van der Waals surface area contributed by atoms with Gasteiger partial charge in [-0.3, -0.25) is 9.59 Å². The van der Waals surface area contributed by atoms with Crippen LogP contribution in [-0.2, 0) is 0 Å². The molecule has 0 unspecified atom stereocenters. The lowest BCUT2D eigenvalue weighted by molar-refractivity contribution is 0.102. The fraction of sp³-hybridized carbons (Fsp3) is 0.263. The molecule has 3 aromatic rings. The maximum absolute atomic E-state index is 12.5. The summed E-state index contributed by atoms with van der Waals surface area (Å²) in [5.74, 6) is -0.306. The van der Waals surface area contributed by atoms with E-state index in [2.05, 4.69) is 15.3 Å². The first-order valence-electron chi connectivity index (χ1n) is 8.49. The van der Waals surface area contributed by atoms with Crippen molar-refractivity contribution in [1.82, 2.24) is 14.7 Å². The zero-order valence-corrected chi connectivity index (χ0v) is 14.7. The summed E-state index contributed by atoms with van der Waals surface area (Å²) in [4.78, 5) is 39.0. The van der Waals surface area contributed by atoms with Gasteiger partial charge in [-0.15, -0.1) is 4.73 Å². The number of nitrogens with one attached hydrogen (secondary N) is 1. The van der Waals surface area contributed by atoms with Crippen molar-refractivity contribution in [2.75, 3.05) is 11.9 Å². The first-order chi connectivity index (χ1) is 12.6. The van der Waals surface area contributed by atoms with Crippen molar-refractivity contribution in [1.29, 1.82) is 0 Å². The first kappa shape index (κ1) is 17.6. The van der Waals surface area contributed by atoms with Gasteiger partial charge in [0.15, 0.2) is 5.65 Å². The molecule has 3 rings (SSSR count). The van der Waals surface area contributed by atoms with Crippen molar-refractivity contribution >= 4 is 22.6 Å². The smallest absolute Gasteiger partial charge is 0.287 e. The van der Waals surface area contributed by atoms with Crippen LogP contribution in [0.3, 0.4) is 0 Å². The summed E-state index contributed by atoms with van der Waals surface area (Å²) in [6.45, 7) is 4.24. The van der Waals surface area contributed by atoms with Crippen LogP contribution in [0.4, 0.5) is 5.69 Å². The van der Waals surface area contributed by atoms with Crippen LogP contribution in [0.5, 0.6) is 0 Å². The van der Waals surface area contributed by atoms with Crippen LogP contribution in [0.1, 0.15) is 35.8 Å². The van der Waals surface area contributed by atoms with E-state index in [0.717, 1.165) is 17.6 Å². The number of amides is 1. The highest BCUT2D eigenvalue weighted by Crippen LogP contribution is 2.22. The standard InChI is InChI=1S/C19H20N4O3/c1-3-4-10-26-23-16(24)11-15(17-13(2)20-12-21-18(17)23)22-19(25)14-8-6-5-7-9-14/h5-9,11-12H,3-4,10H2,1-2H3,(H,22,25). The second-order valence-electron chi connectivity index (χ2n) is 5.86. The lowest BCUT2D eigenvalue weighted by atomic mass is 10.2. The van der Waals surface area contributed by atoms with Gasteiger partial charge in [-0.1, -0.05) is 31.5 Å². The predicted octanol–water partition coefficient (Wildman–Crippen LogP) is 2.58. The van der Waals surface area contributed by atoms with Crippen LogP contribution in [0, 0.1) is 6.92 Å². The number of rotatable bonds is 6. The molecule has 0 fully saturated rings. The van der Waals surface area contributed by atoms with E-state index in [1.54, 1.807) is 31.2 Å². The molecule has 0 spiro atoms. The van der Waals surface area contributed by atoms with Crippen LogP contribution >= 0.6 is 0 Å². The maximum atomic E-state index is 12.5. The fourth-order valence-electron chi connectivity index (χ4n) is 2.60. The number of anilines is 1. The van der Waals surface area contributed by atoms with Gasteiger partial charge in [0, 0.05) is 11.6 Å². The third-order valence-corrected chi connectivity index (χ3v) is 3.95. The average Bonchev–Trinajstić information content (AvgIpc) is 2.64. The Balaban J connectivity index is 2.05. The van der Waals surface area contributed by atoms with Crippen molar-refractivity contribution < 1.29 is 9.63 Å². The Labute approximate surface area is 150 Å². The Hall–Kier alpha value is -3.22. The highest BCUT2D eigenvalue weighted by molar-refractivity contribution is 6.08. The van der Waals surface area contributed by atoms with Gasteiger partial charge >= 0.3 is 0 Å². The maximum Gasteiger partial charge on any atom is 0.287 e. The number of carbonyl (C=O) groups is 1. The molecule has 2 aromatic heterocycles. The molecule has 1 amide bonds. The number of benzene rings is 1. The normalized spacial score (nSPS) is 10.7.